The second-order valence-corrected chi connectivity index (χ2v) is 4.69. The molecule has 2 heterocycles. The molecule has 1 aromatic carbocycles. The smallest absolute Gasteiger partial charge is 0.153 e. The maximum atomic E-state index is 5.91. The highest BCUT2D eigenvalue weighted by Gasteiger charge is 2.26. The van der Waals surface area contributed by atoms with Crippen LogP contribution in [0.1, 0.15) is 6.92 Å². The molecule has 18 heavy (non-hydrogen) atoms. The lowest BCUT2D eigenvalue weighted by Gasteiger charge is -2.35. The van der Waals surface area contributed by atoms with Gasteiger partial charge in [0, 0.05) is 37.9 Å². The summed E-state index contributed by atoms with van der Waals surface area (Å²) in [7, 11) is 0. The van der Waals surface area contributed by atoms with Crippen molar-refractivity contribution in [1.29, 1.82) is 0 Å². The maximum absolute atomic E-state index is 5.91. The standard InChI is InChI=1S/C13H18N4O/c1-9-13(17-6-4-15-5-7-17)16-11-3-2-10(14)8-12(11)18-9/h2-3,8-9,15H,4-7,14H2,1H3. The third kappa shape index (κ3) is 2.01. The average Bonchev–Trinajstić information content (AvgIpc) is 2.39. The lowest BCUT2D eigenvalue weighted by atomic mass is 10.2. The molecule has 2 aliphatic rings. The summed E-state index contributed by atoms with van der Waals surface area (Å²) >= 11 is 0. The molecule has 0 radical (unpaired) electrons. The highest BCUT2D eigenvalue weighted by molar-refractivity contribution is 5.91. The zero-order chi connectivity index (χ0) is 12.5. The minimum Gasteiger partial charge on any atom is -0.480 e. The molecule has 0 amide bonds. The average molecular weight is 246 g/mol. The third-order valence-electron chi connectivity index (χ3n) is 3.33. The number of benzene rings is 1. The lowest BCUT2D eigenvalue weighted by Crippen LogP contribution is -2.50. The van der Waals surface area contributed by atoms with Crippen LogP contribution in [0.3, 0.4) is 0 Å². The molecule has 0 aliphatic carbocycles. The van der Waals surface area contributed by atoms with Crippen LogP contribution in [-0.2, 0) is 0 Å². The van der Waals surface area contributed by atoms with Gasteiger partial charge in [0.15, 0.2) is 6.10 Å². The van der Waals surface area contributed by atoms with E-state index in [1.54, 1.807) is 0 Å². The fraction of sp³-hybridized carbons (Fsp3) is 0.462. The van der Waals surface area contributed by atoms with E-state index in [9.17, 15) is 0 Å². The molecule has 3 N–H and O–H groups in total. The Bertz CT molecular complexity index is 480. The van der Waals surface area contributed by atoms with Gasteiger partial charge in [0.2, 0.25) is 0 Å². The van der Waals surface area contributed by atoms with E-state index in [2.05, 4.69) is 10.2 Å². The van der Waals surface area contributed by atoms with Crippen molar-refractivity contribution >= 4 is 17.2 Å². The van der Waals surface area contributed by atoms with Gasteiger partial charge in [-0.15, -0.1) is 0 Å². The molecular formula is C13H18N4O. The van der Waals surface area contributed by atoms with Gasteiger partial charge in [-0.3, -0.25) is 0 Å². The van der Waals surface area contributed by atoms with E-state index in [-0.39, 0.29) is 6.10 Å². The molecule has 1 saturated heterocycles. The Hall–Kier alpha value is -1.75. The highest BCUT2D eigenvalue weighted by atomic mass is 16.5. The van der Waals surface area contributed by atoms with E-state index in [1.807, 2.05) is 25.1 Å². The van der Waals surface area contributed by atoms with E-state index in [4.69, 9.17) is 15.5 Å². The quantitative estimate of drug-likeness (QED) is 0.670. The Morgan fingerprint density at radius 2 is 2.17 bits per heavy atom. The minimum absolute atomic E-state index is 0.0163. The largest absolute Gasteiger partial charge is 0.480 e. The number of ether oxygens (including phenoxy) is 1. The summed E-state index contributed by atoms with van der Waals surface area (Å²) in [5.74, 6) is 1.80. The van der Waals surface area contributed by atoms with Gasteiger partial charge in [0.05, 0.1) is 0 Å². The van der Waals surface area contributed by atoms with Gasteiger partial charge in [0.1, 0.15) is 17.3 Å². The summed E-state index contributed by atoms with van der Waals surface area (Å²) in [6.45, 7) is 6.00. The second-order valence-electron chi connectivity index (χ2n) is 4.69. The summed E-state index contributed by atoms with van der Waals surface area (Å²) in [6.07, 6.45) is -0.0163. The molecule has 0 aromatic heterocycles. The number of hydrogen-bond acceptors (Lipinski definition) is 5. The first-order valence-electron chi connectivity index (χ1n) is 6.34. The molecule has 0 saturated carbocycles. The maximum Gasteiger partial charge on any atom is 0.153 e. The van der Waals surface area contributed by atoms with E-state index in [0.717, 1.165) is 43.5 Å². The summed E-state index contributed by atoms with van der Waals surface area (Å²) in [6, 6.07) is 5.61. The molecule has 5 nitrogen and oxygen atoms in total. The molecular weight excluding hydrogens is 228 g/mol. The number of amidine groups is 1. The predicted octanol–water partition coefficient (Wildman–Crippen LogP) is 0.985. The Morgan fingerprint density at radius 3 is 2.94 bits per heavy atom. The van der Waals surface area contributed by atoms with Gasteiger partial charge < -0.3 is 20.7 Å². The van der Waals surface area contributed by atoms with Crippen molar-refractivity contribution in [3.8, 4) is 5.75 Å². The Balaban J connectivity index is 1.92. The number of aliphatic imine (C=N–C) groups is 1. The Morgan fingerprint density at radius 1 is 1.39 bits per heavy atom. The van der Waals surface area contributed by atoms with Crippen molar-refractivity contribution in [2.24, 2.45) is 4.99 Å². The molecule has 1 atom stereocenters. The first kappa shape index (κ1) is 11.3. The van der Waals surface area contributed by atoms with Gasteiger partial charge in [0.25, 0.3) is 0 Å². The topological polar surface area (TPSA) is 62.9 Å². The van der Waals surface area contributed by atoms with Gasteiger partial charge in [-0.05, 0) is 19.1 Å². The van der Waals surface area contributed by atoms with Gasteiger partial charge in [-0.2, -0.15) is 0 Å². The monoisotopic (exact) mass is 246 g/mol. The Kier molecular flexibility index (Phi) is 2.83. The minimum atomic E-state index is -0.0163. The number of nitrogens with one attached hydrogen (secondary N) is 1. The number of anilines is 1. The number of nitrogen functional groups attached to an aromatic ring is 1. The molecule has 2 aliphatic heterocycles. The van der Waals surface area contributed by atoms with Crippen molar-refractivity contribution < 1.29 is 4.74 Å². The number of hydrogen-bond donors (Lipinski definition) is 2. The van der Waals surface area contributed by atoms with Crippen LogP contribution >= 0.6 is 0 Å². The van der Waals surface area contributed by atoms with Crippen LogP contribution in [0.5, 0.6) is 5.75 Å². The van der Waals surface area contributed by atoms with Gasteiger partial charge >= 0.3 is 0 Å². The molecule has 1 fully saturated rings. The molecule has 0 bridgehead atoms. The zero-order valence-electron chi connectivity index (χ0n) is 10.5. The number of nitrogens with two attached hydrogens (primary N) is 1. The van der Waals surface area contributed by atoms with Crippen LogP contribution in [0.2, 0.25) is 0 Å². The first-order chi connectivity index (χ1) is 8.74. The SMILES string of the molecule is CC1Oc2cc(N)ccc2N=C1N1CCNCC1. The molecule has 0 spiro atoms. The zero-order valence-corrected chi connectivity index (χ0v) is 10.5. The molecule has 1 aromatic rings. The van der Waals surface area contributed by atoms with E-state index in [1.165, 1.54) is 0 Å². The predicted molar refractivity (Wildman–Crippen MR) is 72.5 cm³/mol. The summed E-state index contributed by atoms with van der Waals surface area (Å²) in [5.41, 5.74) is 7.34. The van der Waals surface area contributed by atoms with E-state index >= 15 is 0 Å². The third-order valence-corrected chi connectivity index (χ3v) is 3.33. The first-order valence-corrected chi connectivity index (χ1v) is 6.34. The van der Waals surface area contributed by atoms with Crippen molar-refractivity contribution in [3.63, 3.8) is 0 Å². The Labute approximate surface area is 107 Å². The molecule has 5 heteroatoms. The summed E-state index contributed by atoms with van der Waals surface area (Å²) in [4.78, 5) is 7.02. The number of nitrogens with zero attached hydrogens (tertiary/aromatic N) is 2. The van der Waals surface area contributed by atoms with Crippen LogP contribution in [0, 0.1) is 0 Å². The van der Waals surface area contributed by atoms with Gasteiger partial charge in [-0.1, -0.05) is 0 Å². The molecule has 1 unspecified atom stereocenters. The van der Waals surface area contributed by atoms with Crippen molar-refractivity contribution in [2.75, 3.05) is 31.9 Å². The van der Waals surface area contributed by atoms with Crippen molar-refractivity contribution in [3.05, 3.63) is 18.2 Å². The van der Waals surface area contributed by atoms with Crippen LogP contribution in [0.4, 0.5) is 11.4 Å². The van der Waals surface area contributed by atoms with E-state index in [0.29, 0.717) is 5.69 Å². The van der Waals surface area contributed by atoms with Crippen LogP contribution < -0.4 is 15.8 Å². The fourth-order valence-corrected chi connectivity index (χ4v) is 2.40. The van der Waals surface area contributed by atoms with Crippen LogP contribution in [-0.4, -0.2) is 43.0 Å². The number of piperazine rings is 1. The van der Waals surface area contributed by atoms with E-state index < -0.39 is 0 Å². The van der Waals surface area contributed by atoms with Crippen LogP contribution in [0.15, 0.2) is 23.2 Å². The summed E-state index contributed by atoms with van der Waals surface area (Å²) in [5, 5.41) is 3.34. The lowest BCUT2D eigenvalue weighted by molar-refractivity contribution is 0.245. The molecule has 3 rings (SSSR count). The normalized spacial score (nSPS) is 23.1. The fourth-order valence-electron chi connectivity index (χ4n) is 2.40. The molecule has 96 valence electrons. The van der Waals surface area contributed by atoms with Crippen LogP contribution in [0.25, 0.3) is 0 Å². The second kappa shape index (κ2) is 4.49. The van der Waals surface area contributed by atoms with Gasteiger partial charge in [-0.25, -0.2) is 4.99 Å². The number of rotatable bonds is 0. The van der Waals surface area contributed by atoms with Crippen molar-refractivity contribution in [2.45, 2.75) is 13.0 Å². The number of fused-ring (bicyclic) bond motifs is 1. The van der Waals surface area contributed by atoms with Crippen molar-refractivity contribution in [1.82, 2.24) is 10.2 Å². The highest BCUT2D eigenvalue weighted by Crippen LogP contribution is 2.34. The summed E-state index contributed by atoms with van der Waals surface area (Å²) < 4.78 is 5.91.